The molecule has 2 aromatic rings. The van der Waals surface area contributed by atoms with E-state index in [0.29, 0.717) is 33.7 Å². The Hall–Kier alpha value is -3.59. The number of thioether (sulfide) groups is 1. The van der Waals surface area contributed by atoms with Crippen molar-refractivity contribution in [2.75, 3.05) is 27.4 Å². The number of hydrogen-bond acceptors (Lipinski definition) is 8. The number of benzene rings is 2. The van der Waals surface area contributed by atoms with Gasteiger partial charge in [-0.2, -0.15) is 0 Å². The summed E-state index contributed by atoms with van der Waals surface area (Å²) in [6, 6.07) is 13.7. The van der Waals surface area contributed by atoms with E-state index in [1.807, 2.05) is 0 Å². The highest BCUT2D eigenvalue weighted by molar-refractivity contribution is 8.18. The zero-order valence-electron chi connectivity index (χ0n) is 17.9. The van der Waals surface area contributed by atoms with Gasteiger partial charge in [0.15, 0.2) is 11.8 Å². The van der Waals surface area contributed by atoms with Gasteiger partial charge in [-0.1, -0.05) is 18.2 Å². The van der Waals surface area contributed by atoms with Crippen molar-refractivity contribution in [3.63, 3.8) is 0 Å². The van der Waals surface area contributed by atoms with Crippen LogP contribution < -0.4 is 4.74 Å². The molecule has 9 heteroatoms. The van der Waals surface area contributed by atoms with E-state index in [0.717, 1.165) is 5.56 Å². The van der Waals surface area contributed by atoms with Crippen molar-refractivity contribution in [2.24, 2.45) is 4.99 Å². The van der Waals surface area contributed by atoms with Crippen LogP contribution in [0.15, 0.2) is 58.4 Å². The molecule has 0 aliphatic carbocycles. The van der Waals surface area contributed by atoms with E-state index in [1.165, 1.54) is 23.8 Å². The molecule has 0 spiro atoms. The summed E-state index contributed by atoms with van der Waals surface area (Å²) in [5.41, 5.74) is 1.72. The Labute approximate surface area is 189 Å². The number of ether oxygens (including phenoxy) is 3. The maximum absolute atomic E-state index is 12.6. The van der Waals surface area contributed by atoms with Gasteiger partial charge in [0.05, 0.1) is 29.9 Å². The summed E-state index contributed by atoms with van der Waals surface area (Å²) in [7, 11) is 2.96. The van der Waals surface area contributed by atoms with E-state index < -0.39 is 11.9 Å². The summed E-state index contributed by atoms with van der Waals surface area (Å²) in [6.45, 7) is 1.87. The molecule has 0 N–H and O–H groups in total. The largest absolute Gasteiger partial charge is 0.482 e. The summed E-state index contributed by atoms with van der Waals surface area (Å²) in [4.78, 5) is 42.2. The normalized spacial score (nSPS) is 15.8. The lowest BCUT2D eigenvalue weighted by molar-refractivity contribution is -0.145. The number of amidine groups is 1. The van der Waals surface area contributed by atoms with Crippen molar-refractivity contribution < 1.29 is 28.6 Å². The van der Waals surface area contributed by atoms with Gasteiger partial charge in [-0.15, -0.1) is 0 Å². The topological polar surface area (TPSA) is 94.5 Å². The second-order valence-electron chi connectivity index (χ2n) is 6.57. The standard InChI is InChI=1S/C23H22N2O6S/c1-4-30-20(26)14-31-18-10-8-15(9-11-18)12-19-21(27)25(2)23(32-19)24-17-7-5-6-16(13-17)22(28)29-3/h5-13H,4,14H2,1-3H3. The van der Waals surface area contributed by atoms with Crippen LogP contribution in [0.4, 0.5) is 5.69 Å². The molecule has 2 aromatic carbocycles. The summed E-state index contributed by atoms with van der Waals surface area (Å²) in [5.74, 6) is -0.541. The van der Waals surface area contributed by atoms with Crippen LogP contribution in [0.5, 0.6) is 5.75 Å². The second kappa shape index (κ2) is 10.6. The number of likely N-dealkylation sites (N-methyl/N-ethyl adjacent to an activating group) is 1. The Morgan fingerprint density at radius 3 is 2.59 bits per heavy atom. The van der Waals surface area contributed by atoms with Gasteiger partial charge in [0.2, 0.25) is 0 Å². The van der Waals surface area contributed by atoms with E-state index in [9.17, 15) is 14.4 Å². The van der Waals surface area contributed by atoms with Gasteiger partial charge in [-0.25, -0.2) is 14.6 Å². The van der Waals surface area contributed by atoms with Crippen molar-refractivity contribution in [3.05, 3.63) is 64.6 Å². The Morgan fingerprint density at radius 2 is 1.91 bits per heavy atom. The number of aliphatic imine (C=N–C) groups is 1. The summed E-state index contributed by atoms with van der Waals surface area (Å²) in [6.07, 6.45) is 1.76. The fourth-order valence-electron chi connectivity index (χ4n) is 2.74. The van der Waals surface area contributed by atoms with Gasteiger partial charge in [0, 0.05) is 7.05 Å². The molecule has 1 aliphatic rings. The number of rotatable bonds is 7. The lowest BCUT2D eigenvalue weighted by atomic mass is 10.2. The molecule has 1 saturated heterocycles. The number of carbonyl (C=O) groups is 3. The first-order chi connectivity index (χ1) is 15.4. The molecule has 1 fully saturated rings. The van der Waals surface area contributed by atoms with Gasteiger partial charge in [-0.3, -0.25) is 9.69 Å². The van der Waals surface area contributed by atoms with Crippen molar-refractivity contribution >= 4 is 46.5 Å². The number of nitrogens with zero attached hydrogens (tertiary/aromatic N) is 2. The van der Waals surface area contributed by atoms with Gasteiger partial charge >= 0.3 is 11.9 Å². The van der Waals surface area contributed by atoms with Crippen LogP contribution in [0.3, 0.4) is 0 Å². The number of methoxy groups -OCH3 is 1. The minimum absolute atomic E-state index is 0.162. The van der Waals surface area contributed by atoms with Crippen LogP contribution in [-0.2, 0) is 19.1 Å². The van der Waals surface area contributed by atoms with E-state index in [4.69, 9.17) is 14.2 Å². The first-order valence-corrected chi connectivity index (χ1v) is 10.6. The maximum atomic E-state index is 12.6. The molecule has 1 heterocycles. The summed E-state index contributed by atoms with van der Waals surface area (Å²) in [5, 5.41) is 0.498. The second-order valence-corrected chi connectivity index (χ2v) is 7.58. The molecular formula is C23H22N2O6S. The number of amides is 1. The Morgan fingerprint density at radius 1 is 1.16 bits per heavy atom. The lowest BCUT2D eigenvalue weighted by Crippen LogP contribution is -2.23. The molecule has 1 amide bonds. The Balaban J connectivity index is 1.72. The number of hydrogen-bond donors (Lipinski definition) is 0. The van der Waals surface area contributed by atoms with E-state index in [1.54, 1.807) is 68.6 Å². The van der Waals surface area contributed by atoms with Gasteiger partial charge in [0.1, 0.15) is 5.75 Å². The third-order valence-electron chi connectivity index (χ3n) is 4.34. The van der Waals surface area contributed by atoms with Crippen molar-refractivity contribution in [2.45, 2.75) is 6.92 Å². The van der Waals surface area contributed by atoms with E-state index in [2.05, 4.69) is 4.99 Å². The molecule has 8 nitrogen and oxygen atoms in total. The van der Waals surface area contributed by atoms with Crippen molar-refractivity contribution in [3.8, 4) is 5.75 Å². The molecule has 0 saturated carbocycles. The predicted octanol–water partition coefficient (Wildman–Crippen LogP) is 3.65. The average Bonchev–Trinajstić information content (AvgIpc) is 3.06. The maximum Gasteiger partial charge on any atom is 0.344 e. The molecule has 0 aromatic heterocycles. The van der Waals surface area contributed by atoms with Crippen LogP contribution in [0.2, 0.25) is 0 Å². The minimum atomic E-state index is -0.453. The number of esters is 2. The molecule has 0 unspecified atom stereocenters. The predicted molar refractivity (Wildman–Crippen MR) is 122 cm³/mol. The fraction of sp³-hybridized carbons (Fsp3) is 0.217. The Kier molecular flexibility index (Phi) is 7.67. The van der Waals surface area contributed by atoms with E-state index >= 15 is 0 Å². The summed E-state index contributed by atoms with van der Waals surface area (Å²) >= 11 is 1.24. The smallest absolute Gasteiger partial charge is 0.344 e. The first-order valence-electron chi connectivity index (χ1n) is 9.74. The molecular weight excluding hydrogens is 432 g/mol. The SMILES string of the molecule is CCOC(=O)COc1ccc(C=C2SC(=Nc3cccc(C(=O)OC)c3)N(C)C2=O)cc1. The average molecular weight is 455 g/mol. The van der Waals surface area contributed by atoms with Crippen LogP contribution in [0.1, 0.15) is 22.8 Å². The molecule has 0 radical (unpaired) electrons. The quantitative estimate of drug-likeness (QED) is 0.466. The highest BCUT2D eigenvalue weighted by Crippen LogP contribution is 2.33. The molecule has 0 atom stereocenters. The van der Waals surface area contributed by atoms with Crippen LogP contribution in [0, 0.1) is 0 Å². The number of carbonyl (C=O) groups excluding carboxylic acids is 3. The highest BCUT2D eigenvalue weighted by Gasteiger charge is 2.30. The Bertz CT molecular complexity index is 1080. The van der Waals surface area contributed by atoms with Crippen molar-refractivity contribution in [1.29, 1.82) is 0 Å². The van der Waals surface area contributed by atoms with Gasteiger partial charge in [0.25, 0.3) is 5.91 Å². The fourth-order valence-corrected chi connectivity index (χ4v) is 3.73. The monoisotopic (exact) mass is 454 g/mol. The molecule has 0 bridgehead atoms. The highest BCUT2D eigenvalue weighted by atomic mass is 32.2. The molecule has 32 heavy (non-hydrogen) atoms. The van der Waals surface area contributed by atoms with Gasteiger partial charge < -0.3 is 14.2 Å². The zero-order chi connectivity index (χ0) is 23.1. The molecule has 1 aliphatic heterocycles. The first kappa shape index (κ1) is 23.1. The summed E-state index contributed by atoms with van der Waals surface area (Å²) < 4.78 is 14.9. The third kappa shape index (κ3) is 5.76. The van der Waals surface area contributed by atoms with Crippen LogP contribution in [0.25, 0.3) is 6.08 Å². The minimum Gasteiger partial charge on any atom is -0.482 e. The molecule has 166 valence electrons. The lowest BCUT2D eigenvalue weighted by Gasteiger charge is -2.07. The van der Waals surface area contributed by atoms with Crippen LogP contribution >= 0.6 is 11.8 Å². The van der Waals surface area contributed by atoms with Crippen molar-refractivity contribution in [1.82, 2.24) is 4.90 Å². The third-order valence-corrected chi connectivity index (χ3v) is 5.40. The van der Waals surface area contributed by atoms with Crippen LogP contribution in [-0.4, -0.2) is 55.3 Å². The van der Waals surface area contributed by atoms with Gasteiger partial charge in [-0.05, 0) is 60.7 Å². The van der Waals surface area contributed by atoms with E-state index in [-0.39, 0.29) is 12.5 Å². The molecule has 3 rings (SSSR count). The zero-order valence-corrected chi connectivity index (χ0v) is 18.7.